The molecule has 3 fully saturated rings. The zero-order valence-corrected chi connectivity index (χ0v) is 26.3. The van der Waals surface area contributed by atoms with Gasteiger partial charge in [-0.15, -0.1) is 0 Å². The van der Waals surface area contributed by atoms with E-state index in [1.807, 2.05) is 70.2 Å². The van der Waals surface area contributed by atoms with Crippen LogP contribution in [-0.2, 0) is 19.0 Å². The summed E-state index contributed by atoms with van der Waals surface area (Å²) in [5.74, 6) is -1.64. The quantitative estimate of drug-likeness (QED) is 0.386. The second-order valence-electron chi connectivity index (χ2n) is 14.6. The highest BCUT2D eigenvalue weighted by Gasteiger charge is 2.77. The Balaban J connectivity index is 1.35. The molecule has 2 heterocycles. The first-order valence-electron chi connectivity index (χ1n) is 15.5. The van der Waals surface area contributed by atoms with Gasteiger partial charge in [-0.2, -0.15) is 5.10 Å². The molecule has 8 heteroatoms. The van der Waals surface area contributed by atoms with Crippen LogP contribution in [0.15, 0.2) is 53.6 Å². The van der Waals surface area contributed by atoms with Gasteiger partial charge in [-0.3, -0.25) is 4.79 Å². The number of ketones is 1. The fourth-order valence-corrected chi connectivity index (χ4v) is 9.22. The summed E-state index contributed by atoms with van der Waals surface area (Å²) in [6.45, 7) is 15.9. The van der Waals surface area contributed by atoms with Gasteiger partial charge in [-0.1, -0.05) is 51.1 Å². The van der Waals surface area contributed by atoms with E-state index in [2.05, 4.69) is 25.9 Å². The molecule has 2 saturated carbocycles. The molecule has 1 saturated heterocycles. The van der Waals surface area contributed by atoms with Gasteiger partial charge in [0.2, 0.25) is 0 Å². The Morgan fingerprint density at radius 2 is 1.81 bits per heavy atom. The Labute approximate surface area is 253 Å². The molecule has 2 unspecified atom stereocenters. The number of fused-ring (bicyclic) bond motifs is 5. The van der Waals surface area contributed by atoms with Gasteiger partial charge in [0.15, 0.2) is 23.3 Å². The zero-order chi connectivity index (χ0) is 30.9. The molecular formula is C35H42N2O6. The Morgan fingerprint density at radius 3 is 2.51 bits per heavy atom. The highest BCUT2D eigenvalue weighted by atomic mass is 16.7. The van der Waals surface area contributed by atoms with E-state index in [0.717, 1.165) is 17.7 Å². The second-order valence-corrected chi connectivity index (χ2v) is 14.6. The van der Waals surface area contributed by atoms with Crippen LogP contribution < -0.4 is 0 Å². The number of aromatic nitrogens is 2. The van der Waals surface area contributed by atoms with Crippen LogP contribution in [0.3, 0.4) is 0 Å². The standard InChI is InChI=1S/C35H42N2O6/c1-18-16-34-19(2)14-25-27(32(25,5)6)24(28(34)38)15-22-17-41-33(7,8)43-30(22)35(34,40)29(18)42-31(39)26-20(3)36-37(21(26)4)23-12-10-9-11-13-23/h9-13,15-16,19,24-25,27,29-30,40H,14,17H2,1-8H3/t19?,24-,25+,27-,29-,30+,34?,35+/m0/s1. The van der Waals surface area contributed by atoms with Crippen molar-refractivity contribution in [3.05, 3.63) is 70.6 Å². The van der Waals surface area contributed by atoms with Gasteiger partial charge < -0.3 is 19.3 Å². The van der Waals surface area contributed by atoms with E-state index < -0.39 is 35.0 Å². The number of ether oxygens (including phenoxy) is 3. The van der Waals surface area contributed by atoms with Crippen molar-refractivity contribution >= 4 is 11.8 Å². The molecule has 2 aromatic rings. The summed E-state index contributed by atoms with van der Waals surface area (Å²) in [5, 5.41) is 17.9. The first kappa shape index (κ1) is 28.7. The maximum Gasteiger partial charge on any atom is 0.342 e. The number of esters is 1. The van der Waals surface area contributed by atoms with Gasteiger partial charge in [0.25, 0.3) is 0 Å². The summed E-state index contributed by atoms with van der Waals surface area (Å²) in [4.78, 5) is 29.0. The molecule has 43 heavy (non-hydrogen) atoms. The minimum absolute atomic E-state index is 0.00830. The summed E-state index contributed by atoms with van der Waals surface area (Å²) in [5.41, 5.74) is 0.625. The third-order valence-corrected chi connectivity index (χ3v) is 11.4. The number of hydrogen-bond donors (Lipinski definition) is 1. The smallest absolute Gasteiger partial charge is 0.342 e. The molecule has 1 spiro atoms. The molecule has 1 aliphatic heterocycles. The van der Waals surface area contributed by atoms with E-state index in [1.54, 1.807) is 11.6 Å². The van der Waals surface area contributed by atoms with Gasteiger partial charge in [0.05, 0.1) is 29.1 Å². The van der Waals surface area contributed by atoms with Crippen LogP contribution >= 0.6 is 0 Å². The number of carbonyl (C=O) groups excluding carboxylic acids is 2. The Bertz CT molecular complexity index is 1600. The summed E-state index contributed by atoms with van der Waals surface area (Å²) in [7, 11) is 0. The number of Topliss-reactive ketones (excluding diaryl/α,β-unsaturated/α-hetero) is 1. The van der Waals surface area contributed by atoms with Crippen LogP contribution in [0.5, 0.6) is 0 Å². The minimum atomic E-state index is -1.86. The van der Waals surface area contributed by atoms with Gasteiger partial charge in [-0.05, 0) is 87.5 Å². The largest absolute Gasteiger partial charge is 0.451 e. The van der Waals surface area contributed by atoms with Crippen molar-refractivity contribution in [2.24, 2.45) is 34.5 Å². The lowest BCUT2D eigenvalue weighted by atomic mass is 9.59. The van der Waals surface area contributed by atoms with Crippen molar-refractivity contribution in [3.63, 3.8) is 0 Å². The SMILES string of the molecule is CC1=CC23C(=O)[C@@H](C=C4COC(C)(C)O[C@H]4[C@]2(O)[C@H]1OC(=O)c1c(C)nn(-c2ccccc2)c1C)[C@H]1[C@@H](CC3C)C1(C)C. The molecule has 1 N–H and O–H groups in total. The van der Waals surface area contributed by atoms with Crippen molar-refractivity contribution in [2.75, 3.05) is 6.61 Å². The van der Waals surface area contributed by atoms with Crippen molar-refractivity contribution in [1.29, 1.82) is 0 Å². The number of rotatable bonds is 3. The van der Waals surface area contributed by atoms with E-state index in [4.69, 9.17) is 14.2 Å². The predicted molar refractivity (Wildman–Crippen MR) is 159 cm³/mol. The van der Waals surface area contributed by atoms with E-state index in [-0.39, 0.29) is 35.6 Å². The third-order valence-electron chi connectivity index (χ3n) is 11.4. The first-order chi connectivity index (χ1) is 20.1. The fraction of sp³-hybridized carbons (Fsp3) is 0.571. The Morgan fingerprint density at radius 1 is 1.12 bits per heavy atom. The number of para-hydroxylation sites is 1. The van der Waals surface area contributed by atoms with Crippen LogP contribution in [0.2, 0.25) is 0 Å². The Kier molecular flexibility index (Phi) is 6.00. The minimum Gasteiger partial charge on any atom is -0.451 e. The summed E-state index contributed by atoms with van der Waals surface area (Å²) >= 11 is 0. The van der Waals surface area contributed by atoms with Gasteiger partial charge in [0, 0.05) is 5.92 Å². The fourth-order valence-electron chi connectivity index (χ4n) is 9.22. The van der Waals surface area contributed by atoms with Gasteiger partial charge in [0.1, 0.15) is 11.7 Å². The molecule has 0 amide bonds. The summed E-state index contributed by atoms with van der Waals surface area (Å²) in [6.07, 6.45) is 2.73. The maximum atomic E-state index is 14.9. The summed E-state index contributed by atoms with van der Waals surface area (Å²) < 4.78 is 20.7. The predicted octanol–water partition coefficient (Wildman–Crippen LogP) is 5.28. The van der Waals surface area contributed by atoms with Crippen LogP contribution in [0.1, 0.15) is 69.7 Å². The van der Waals surface area contributed by atoms with Crippen molar-refractivity contribution in [1.82, 2.24) is 9.78 Å². The number of aryl methyl sites for hydroxylation is 1. The molecule has 8 atom stereocenters. The number of carbonyl (C=O) groups is 2. The van der Waals surface area contributed by atoms with Crippen LogP contribution in [0, 0.1) is 48.3 Å². The van der Waals surface area contributed by atoms with Gasteiger partial charge >= 0.3 is 5.97 Å². The summed E-state index contributed by atoms with van der Waals surface area (Å²) in [6, 6.07) is 9.62. The number of nitrogens with zero attached hydrogens (tertiary/aromatic N) is 2. The molecule has 228 valence electrons. The number of hydrogen-bond acceptors (Lipinski definition) is 7. The lowest BCUT2D eigenvalue weighted by Gasteiger charge is -2.52. The second kappa shape index (κ2) is 8.99. The van der Waals surface area contributed by atoms with E-state index in [9.17, 15) is 14.7 Å². The molecular weight excluding hydrogens is 544 g/mol. The molecule has 4 aliphatic carbocycles. The van der Waals surface area contributed by atoms with Crippen LogP contribution in [0.25, 0.3) is 5.69 Å². The van der Waals surface area contributed by atoms with Crippen molar-refractivity contribution in [2.45, 2.75) is 85.4 Å². The third kappa shape index (κ3) is 3.69. The van der Waals surface area contributed by atoms with Crippen molar-refractivity contribution in [3.8, 4) is 5.69 Å². The highest BCUT2D eigenvalue weighted by Crippen LogP contribution is 2.72. The van der Waals surface area contributed by atoms with Crippen molar-refractivity contribution < 1.29 is 28.9 Å². The molecule has 1 aromatic carbocycles. The first-order valence-corrected chi connectivity index (χ1v) is 15.5. The Hall–Kier alpha value is -3.07. The maximum absolute atomic E-state index is 14.9. The normalized spacial score (nSPS) is 38.5. The number of aliphatic hydroxyl groups is 1. The number of benzene rings is 1. The topological polar surface area (TPSA) is 99.9 Å². The average molecular weight is 587 g/mol. The van der Waals surface area contributed by atoms with E-state index >= 15 is 0 Å². The van der Waals surface area contributed by atoms with E-state index in [1.165, 1.54) is 0 Å². The lowest BCUT2D eigenvalue weighted by Crippen LogP contribution is -2.68. The van der Waals surface area contributed by atoms with Gasteiger partial charge in [-0.25, -0.2) is 9.48 Å². The molecule has 7 rings (SSSR count). The van der Waals surface area contributed by atoms with Crippen LogP contribution in [-0.4, -0.2) is 56.8 Å². The lowest BCUT2D eigenvalue weighted by molar-refractivity contribution is -0.302. The zero-order valence-electron chi connectivity index (χ0n) is 26.3. The monoisotopic (exact) mass is 586 g/mol. The number of allylic oxidation sites excluding steroid dienone is 1. The molecule has 0 radical (unpaired) electrons. The van der Waals surface area contributed by atoms with E-state index in [0.29, 0.717) is 28.4 Å². The highest BCUT2D eigenvalue weighted by molar-refractivity contribution is 5.96. The molecule has 1 aromatic heterocycles. The molecule has 5 aliphatic rings. The molecule has 2 bridgehead atoms. The average Bonchev–Trinajstić information content (AvgIpc) is 3.26. The molecule has 8 nitrogen and oxygen atoms in total. The van der Waals surface area contributed by atoms with Crippen LogP contribution in [0.4, 0.5) is 0 Å².